The maximum Gasteiger partial charge on any atom is 0.253 e. The van der Waals surface area contributed by atoms with Gasteiger partial charge in [0.1, 0.15) is 4.21 Å². The van der Waals surface area contributed by atoms with Crippen molar-refractivity contribution in [3.63, 3.8) is 0 Å². The summed E-state index contributed by atoms with van der Waals surface area (Å²) in [4.78, 5) is 11.9. The minimum Gasteiger partial charge on any atom is -0.548 e. The van der Waals surface area contributed by atoms with Gasteiger partial charge in [0.05, 0.1) is 12.0 Å². The summed E-state index contributed by atoms with van der Waals surface area (Å²) in [6, 6.07) is 2.21. The van der Waals surface area contributed by atoms with Gasteiger partial charge in [-0.3, -0.25) is 0 Å². The fourth-order valence-corrected chi connectivity index (χ4v) is 5.15. The van der Waals surface area contributed by atoms with Crippen LogP contribution in [0.1, 0.15) is 24.1 Å². The van der Waals surface area contributed by atoms with Gasteiger partial charge in [-0.25, -0.2) is 8.42 Å². The zero-order valence-electron chi connectivity index (χ0n) is 9.96. The number of carboxylic acids is 1. The van der Waals surface area contributed by atoms with Gasteiger partial charge in [0, 0.05) is 11.4 Å². The normalized spacial score (nSPS) is 21.9. The van der Waals surface area contributed by atoms with Gasteiger partial charge < -0.3 is 9.90 Å². The van der Waals surface area contributed by atoms with Crippen molar-refractivity contribution in [1.82, 2.24) is 4.31 Å². The van der Waals surface area contributed by atoms with Crippen molar-refractivity contribution in [2.24, 2.45) is 0 Å². The fraction of sp³-hybridized carbons (Fsp3) is 0.545. The Hall–Kier alpha value is -0.920. The number of hydrogen-bond donors (Lipinski definition) is 0. The number of thiophene rings is 1. The van der Waals surface area contributed by atoms with Gasteiger partial charge in [-0.2, -0.15) is 4.31 Å². The minimum atomic E-state index is -3.70. The summed E-state index contributed by atoms with van der Waals surface area (Å²) in [6.07, 6.45) is 1.73. The van der Waals surface area contributed by atoms with Crippen LogP contribution in [0.5, 0.6) is 0 Å². The minimum absolute atomic E-state index is 0.202. The first-order valence-electron chi connectivity index (χ1n) is 5.72. The molecule has 7 heteroatoms. The molecular weight excluding hydrogens is 274 g/mol. The van der Waals surface area contributed by atoms with E-state index < -0.39 is 22.0 Å². The van der Waals surface area contributed by atoms with Crippen LogP contribution in [0.25, 0.3) is 0 Å². The molecule has 18 heavy (non-hydrogen) atoms. The highest BCUT2D eigenvalue weighted by Crippen LogP contribution is 2.29. The van der Waals surface area contributed by atoms with Gasteiger partial charge in [0.2, 0.25) is 0 Å². The first-order chi connectivity index (χ1) is 8.43. The van der Waals surface area contributed by atoms with Gasteiger partial charge in [-0.15, -0.1) is 11.3 Å². The fourth-order valence-electron chi connectivity index (χ4n) is 2.09. The molecule has 1 fully saturated rings. The van der Waals surface area contributed by atoms with Crippen LogP contribution in [0.3, 0.4) is 0 Å². The van der Waals surface area contributed by atoms with Crippen LogP contribution in [0, 0.1) is 6.92 Å². The van der Waals surface area contributed by atoms with Crippen molar-refractivity contribution in [2.75, 3.05) is 6.54 Å². The highest BCUT2D eigenvalue weighted by molar-refractivity contribution is 7.91. The number of piperidine rings is 1. The summed E-state index contributed by atoms with van der Waals surface area (Å²) in [6.45, 7) is 2.06. The Morgan fingerprint density at radius 3 is 2.72 bits per heavy atom. The second-order valence-electron chi connectivity index (χ2n) is 4.31. The van der Waals surface area contributed by atoms with Gasteiger partial charge >= 0.3 is 0 Å². The molecule has 5 nitrogen and oxygen atoms in total. The zero-order valence-corrected chi connectivity index (χ0v) is 11.6. The number of aryl methyl sites for hydroxylation is 1. The Bertz CT molecular complexity index is 549. The molecule has 1 saturated heterocycles. The molecule has 0 spiro atoms. The molecule has 2 rings (SSSR count). The average molecular weight is 288 g/mol. The standard InChI is InChI=1S/C11H15NO4S2/c1-8-5-6-10(17-8)18(15,16)12-7-3-2-4-9(12)11(13)14/h5-6,9H,2-4,7H2,1H3,(H,13,14)/p-1. The van der Waals surface area contributed by atoms with Crippen LogP contribution in [0.15, 0.2) is 16.3 Å². The van der Waals surface area contributed by atoms with E-state index in [1.165, 1.54) is 6.07 Å². The summed E-state index contributed by atoms with van der Waals surface area (Å²) in [7, 11) is -3.70. The molecule has 1 aromatic rings. The highest BCUT2D eigenvalue weighted by Gasteiger charge is 2.34. The van der Waals surface area contributed by atoms with E-state index in [1.54, 1.807) is 6.07 Å². The molecule has 0 radical (unpaired) electrons. The maximum absolute atomic E-state index is 12.4. The molecule has 100 valence electrons. The van der Waals surface area contributed by atoms with E-state index >= 15 is 0 Å². The Balaban J connectivity index is 2.36. The van der Waals surface area contributed by atoms with Crippen LogP contribution in [-0.4, -0.2) is 31.3 Å². The second kappa shape index (κ2) is 4.99. The van der Waals surface area contributed by atoms with Crippen molar-refractivity contribution < 1.29 is 18.3 Å². The van der Waals surface area contributed by atoms with Crippen LogP contribution in [0.2, 0.25) is 0 Å². The SMILES string of the molecule is Cc1ccc(S(=O)(=O)N2CCCCC2C(=O)[O-])s1. The number of hydrogen-bond acceptors (Lipinski definition) is 5. The van der Waals surface area contributed by atoms with Crippen LogP contribution < -0.4 is 5.11 Å². The third kappa shape index (κ3) is 2.43. The van der Waals surface area contributed by atoms with Crippen molar-refractivity contribution in [3.05, 3.63) is 17.0 Å². The molecule has 0 amide bonds. The smallest absolute Gasteiger partial charge is 0.253 e. The van der Waals surface area contributed by atoms with Gasteiger partial charge in [-0.1, -0.05) is 6.42 Å². The number of sulfonamides is 1. The summed E-state index contributed by atoms with van der Waals surface area (Å²) in [5.74, 6) is -1.31. The Labute approximate surface area is 110 Å². The monoisotopic (exact) mass is 288 g/mol. The molecule has 0 N–H and O–H groups in total. The number of aliphatic carboxylic acids is 1. The summed E-state index contributed by atoms with van der Waals surface area (Å²) >= 11 is 1.16. The first kappa shape index (κ1) is 13.5. The third-order valence-corrected chi connectivity index (χ3v) is 6.38. The maximum atomic E-state index is 12.4. The highest BCUT2D eigenvalue weighted by atomic mass is 32.2. The Morgan fingerprint density at radius 1 is 1.44 bits per heavy atom. The van der Waals surface area contributed by atoms with Crippen molar-refractivity contribution in [3.8, 4) is 0 Å². The summed E-state index contributed by atoms with van der Waals surface area (Å²) in [5.41, 5.74) is 0. The lowest BCUT2D eigenvalue weighted by Crippen LogP contribution is -2.52. The summed E-state index contributed by atoms with van der Waals surface area (Å²) < 4.78 is 26.0. The number of nitrogens with zero attached hydrogens (tertiary/aromatic N) is 1. The van der Waals surface area contributed by atoms with E-state index in [0.29, 0.717) is 19.3 Å². The van der Waals surface area contributed by atoms with E-state index in [-0.39, 0.29) is 10.8 Å². The van der Waals surface area contributed by atoms with E-state index in [4.69, 9.17) is 0 Å². The molecule has 0 aromatic carbocycles. The molecular formula is C11H14NO4S2-. The molecule has 1 unspecified atom stereocenters. The number of carboxylic acid groups (broad SMARTS) is 1. The van der Waals surface area contributed by atoms with Crippen molar-refractivity contribution in [2.45, 2.75) is 36.4 Å². The molecule has 2 heterocycles. The van der Waals surface area contributed by atoms with Gasteiger partial charge in [-0.05, 0) is 31.9 Å². The Kier molecular flexibility index (Phi) is 3.74. The lowest BCUT2D eigenvalue weighted by molar-refractivity contribution is -0.311. The van der Waals surface area contributed by atoms with E-state index in [2.05, 4.69) is 0 Å². The quantitative estimate of drug-likeness (QED) is 0.804. The first-order valence-corrected chi connectivity index (χ1v) is 7.98. The molecule has 0 bridgehead atoms. The number of carbonyl (C=O) groups is 1. The van der Waals surface area contributed by atoms with Crippen LogP contribution >= 0.6 is 11.3 Å². The van der Waals surface area contributed by atoms with Gasteiger partial charge in [0.15, 0.2) is 0 Å². The molecule has 1 aliphatic heterocycles. The van der Waals surface area contributed by atoms with E-state index in [0.717, 1.165) is 20.5 Å². The molecule has 1 aliphatic rings. The van der Waals surface area contributed by atoms with Crippen molar-refractivity contribution in [1.29, 1.82) is 0 Å². The topological polar surface area (TPSA) is 77.5 Å². The van der Waals surface area contributed by atoms with Crippen LogP contribution in [0.4, 0.5) is 0 Å². The predicted molar refractivity (Wildman–Crippen MR) is 65.6 cm³/mol. The lowest BCUT2D eigenvalue weighted by Gasteiger charge is -2.34. The Morgan fingerprint density at radius 2 is 2.17 bits per heavy atom. The summed E-state index contributed by atoms with van der Waals surface area (Å²) in [5, 5.41) is 11.0. The van der Waals surface area contributed by atoms with E-state index in [9.17, 15) is 18.3 Å². The second-order valence-corrected chi connectivity index (χ2v) is 7.72. The van der Waals surface area contributed by atoms with Crippen molar-refractivity contribution >= 4 is 27.3 Å². The number of rotatable bonds is 3. The number of carbonyl (C=O) groups excluding carboxylic acids is 1. The predicted octanol–water partition coefficient (Wildman–Crippen LogP) is 0.350. The average Bonchev–Trinajstić information content (AvgIpc) is 2.76. The third-order valence-electron chi connectivity index (χ3n) is 3.00. The molecule has 1 aromatic heterocycles. The zero-order chi connectivity index (χ0) is 13.3. The van der Waals surface area contributed by atoms with Gasteiger partial charge in [0.25, 0.3) is 10.0 Å². The lowest BCUT2D eigenvalue weighted by atomic mass is 10.1. The molecule has 0 aliphatic carbocycles. The largest absolute Gasteiger partial charge is 0.548 e. The molecule has 0 saturated carbocycles. The van der Waals surface area contributed by atoms with Crippen LogP contribution in [-0.2, 0) is 14.8 Å². The van der Waals surface area contributed by atoms with E-state index in [1.807, 2.05) is 6.92 Å². The molecule has 1 atom stereocenters.